The highest BCUT2D eigenvalue weighted by atomic mass is 32.2. The molecule has 5 rings (SSSR count). The van der Waals surface area contributed by atoms with Crippen molar-refractivity contribution >= 4 is 21.9 Å². The van der Waals surface area contributed by atoms with Gasteiger partial charge in [0, 0.05) is 18.7 Å². The molecule has 0 radical (unpaired) electrons. The van der Waals surface area contributed by atoms with Crippen molar-refractivity contribution in [1.29, 1.82) is 0 Å². The topological polar surface area (TPSA) is 87.2 Å². The molecule has 0 unspecified atom stereocenters. The zero-order valence-corrected chi connectivity index (χ0v) is 24.2. The summed E-state index contributed by atoms with van der Waals surface area (Å²) in [5.41, 5.74) is 6.59. The van der Waals surface area contributed by atoms with E-state index in [0.29, 0.717) is 36.3 Å². The smallest absolute Gasteiger partial charge is 0.337 e. The van der Waals surface area contributed by atoms with Crippen LogP contribution in [0.5, 0.6) is 0 Å². The molecule has 2 heterocycles. The first-order valence-corrected chi connectivity index (χ1v) is 14.7. The molecule has 3 aromatic rings. The van der Waals surface area contributed by atoms with Gasteiger partial charge in [0.2, 0.25) is 0 Å². The van der Waals surface area contributed by atoms with Gasteiger partial charge in [-0.25, -0.2) is 4.79 Å². The van der Waals surface area contributed by atoms with E-state index in [-0.39, 0.29) is 6.04 Å². The van der Waals surface area contributed by atoms with E-state index in [1.807, 2.05) is 96.1 Å². The third-order valence-electron chi connectivity index (χ3n) is 7.62. The first-order valence-electron chi connectivity index (χ1n) is 13.3. The number of fused-ring (bicyclic) bond motifs is 3. The fraction of sp³-hybridized carbons (Fsp3) is 0.387. The van der Waals surface area contributed by atoms with Crippen molar-refractivity contribution in [3.05, 3.63) is 88.0 Å². The van der Waals surface area contributed by atoms with Crippen LogP contribution in [0.2, 0.25) is 0 Å². The van der Waals surface area contributed by atoms with Crippen LogP contribution in [0.25, 0.3) is 11.1 Å². The maximum absolute atomic E-state index is 13.9. The van der Waals surface area contributed by atoms with Crippen LogP contribution in [0.3, 0.4) is 0 Å². The lowest BCUT2D eigenvalue weighted by atomic mass is 9.84. The average Bonchev–Trinajstić information content (AvgIpc) is 3.36. The van der Waals surface area contributed by atoms with Crippen LogP contribution in [0.1, 0.15) is 60.3 Å². The minimum Gasteiger partial charge on any atom is -0.479 e. The van der Waals surface area contributed by atoms with Crippen LogP contribution in [0.15, 0.2) is 54.6 Å². The van der Waals surface area contributed by atoms with Gasteiger partial charge in [0.1, 0.15) is 0 Å². The number of aliphatic carboxylic acids is 1. The van der Waals surface area contributed by atoms with E-state index in [4.69, 9.17) is 4.74 Å². The van der Waals surface area contributed by atoms with Gasteiger partial charge in [-0.2, -0.15) is 12.7 Å². The molecule has 0 bridgehead atoms. The summed E-state index contributed by atoms with van der Waals surface area (Å²) in [4.78, 5) is 12.7. The van der Waals surface area contributed by atoms with Crippen molar-refractivity contribution in [3.8, 4) is 11.1 Å². The van der Waals surface area contributed by atoms with Gasteiger partial charge in [-0.1, -0.05) is 60.2 Å². The van der Waals surface area contributed by atoms with Crippen molar-refractivity contribution in [2.45, 2.75) is 72.3 Å². The van der Waals surface area contributed by atoms with Crippen molar-refractivity contribution in [2.24, 2.45) is 0 Å². The van der Waals surface area contributed by atoms with E-state index in [1.54, 1.807) is 0 Å². The number of benzene rings is 3. The quantitative estimate of drug-likeness (QED) is 0.426. The Kier molecular flexibility index (Phi) is 6.85. The highest BCUT2D eigenvalue weighted by Crippen LogP contribution is 2.50. The summed E-state index contributed by atoms with van der Waals surface area (Å²) in [5.74, 6) is -1.11. The standard InChI is InChI=1S/C31H36N2O5S/c1-19-12-14-23(15-13-19)26-20(2)25-16-24-18-32(17-22-10-8-7-9-11-22)39(36,37)33(24)28(25)21(3)27(26)29(30(34)35)38-31(4,5)6/h7-15,24,29H,16-18H2,1-6H3,(H,34,35)/t24-,29-/m0/s1. The van der Waals surface area contributed by atoms with Gasteiger partial charge in [-0.05, 0) is 81.3 Å². The van der Waals surface area contributed by atoms with E-state index in [0.717, 1.165) is 33.4 Å². The SMILES string of the molecule is Cc1ccc(-c2c(C)c3c(c(C)c2[C@H](OC(C)(C)C)C(=O)O)N2[C@@H](C3)CN(Cc3ccccc3)S2(=O)=O)cc1. The first kappa shape index (κ1) is 27.4. The van der Waals surface area contributed by atoms with E-state index >= 15 is 0 Å². The van der Waals surface area contributed by atoms with Crippen LogP contribution >= 0.6 is 0 Å². The van der Waals surface area contributed by atoms with Crippen molar-refractivity contribution in [2.75, 3.05) is 10.8 Å². The molecule has 3 aromatic carbocycles. The maximum atomic E-state index is 13.9. The number of anilines is 1. The molecule has 1 saturated heterocycles. The third-order valence-corrected chi connectivity index (χ3v) is 9.53. The van der Waals surface area contributed by atoms with Gasteiger partial charge in [-0.3, -0.25) is 4.31 Å². The van der Waals surface area contributed by atoms with Crippen LogP contribution in [0, 0.1) is 20.8 Å². The lowest BCUT2D eigenvalue weighted by Crippen LogP contribution is -2.34. The molecule has 8 heteroatoms. The van der Waals surface area contributed by atoms with E-state index in [1.165, 1.54) is 8.61 Å². The molecule has 0 aliphatic carbocycles. The van der Waals surface area contributed by atoms with Gasteiger partial charge in [0.05, 0.1) is 17.3 Å². The Labute approximate surface area is 231 Å². The lowest BCUT2D eigenvalue weighted by Gasteiger charge is -2.31. The normalized spacial score (nSPS) is 19.1. The van der Waals surface area contributed by atoms with Crippen molar-refractivity contribution < 1.29 is 23.1 Å². The molecule has 1 fully saturated rings. The highest BCUT2D eigenvalue weighted by Gasteiger charge is 2.50. The molecule has 206 valence electrons. The fourth-order valence-corrected chi connectivity index (χ4v) is 7.87. The molecular formula is C31H36N2O5S. The number of ether oxygens (including phenoxy) is 1. The number of aryl methyl sites for hydroxylation is 1. The second-order valence-electron chi connectivity index (χ2n) is 11.6. The Morgan fingerprint density at radius 2 is 1.67 bits per heavy atom. The summed E-state index contributed by atoms with van der Waals surface area (Å²) in [6.45, 7) is 12.0. The molecule has 0 spiro atoms. The van der Waals surface area contributed by atoms with Crippen LogP contribution in [0.4, 0.5) is 5.69 Å². The Morgan fingerprint density at radius 3 is 2.26 bits per heavy atom. The number of carboxylic acid groups (broad SMARTS) is 1. The molecular weight excluding hydrogens is 512 g/mol. The number of carboxylic acids is 1. The lowest BCUT2D eigenvalue weighted by molar-refractivity contribution is -0.160. The van der Waals surface area contributed by atoms with Gasteiger partial charge in [0.15, 0.2) is 6.10 Å². The molecule has 0 saturated carbocycles. The molecule has 39 heavy (non-hydrogen) atoms. The minimum absolute atomic E-state index is 0.251. The maximum Gasteiger partial charge on any atom is 0.337 e. The predicted octanol–water partition coefficient (Wildman–Crippen LogP) is 5.71. The molecule has 2 atom stereocenters. The van der Waals surface area contributed by atoms with E-state index in [2.05, 4.69) is 0 Å². The van der Waals surface area contributed by atoms with E-state index < -0.39 is 27.9 Å². The van der Waals surface area contributed by atoms with Gasteiger partial charge in [0.25, 0.3) is 0 Å². The molecule has 2 aliphatic heterocycles. The molecule has 0 aromatic heterocycles. The second-order valence-corrected chi connectivity index (χ2v) is 13.4. The Hall–Kier alpha value is -3.20. The minimum atomic E-state index is -3.82. The highest BCUT2D eigenvalue weighted by molar-refractivity contribution is 7.90. The summed E-state index contributed by atoms with van der Waals surface area (Å²) < 4.78 is 37.1. The Morgan fingerprint density at radius 1 is 1.03 bits per heavy atom. The summed E-state index contributed by atoms with van der Waals surface area (Å²) in [5, 5.41) is 10.4. The van der Waals surface area contributed by atoms with Crippen LogP contribution in [-0.2, 0) is 32.7 Å². The van der Waals surface area contributed by atoms with Crippen LogP contribution < -0.4 is 4.31 Å². The molecule has 7 nitrogen and oxygen atoms in total. The Bertz CT molecular complexity index is 1530. The third kappa shape index (κ3) is 4.86. The largest absolute Gasteiger partial charge is 0.479 e. The zero-order chi connectivity index (χ0) is 28.3. The van der Waals surface area contributed by atoms with E-state index in [9.17, 15) is 18.3 Å². The average molecular weight is 549 g/mol. The fourth-order valence-electron chi connectivity index (χ4n) is 5.96. The second kappa shape index (κ2) is 9.77. The predicted molar refractivity (Wildman–Crippen MR) is 153 cm³/mol. The van der Waals surface area contributed by atoms with Crippen molar-refractivity contribution in [1.82, 2.24) is 4.31 Å². The number of nitrogens with zero attached hydrogens (tertiary/aromatic N) is 2. The van der Waals surface area contributed by atoms with Crippen LogP contribution in [-0.4, -0.2) is 42.0 Å². The summed E-state index contributed by atoms with van der Waals surface area (Å²) in [7, 11) is -3.82. The number of hydrogen-bond donors (Lipinski definition) is 1. The first-order chi connectivity index (χ1) is 18.3. The number of rotatable bonds is 6. The molecule has 1 N–H and O–H groups in total. The monoisotopic (exact) mass is 548 g/mol. The summed E-state index contributed by atoms with van der Waals surface area (Å²) in [6.07, 6.45) is -0.695. The molecule has 2 aliphatic rings. The number of carbonyl (C=O) groups is 1. The zero-order valence-electron chi connectivity index (χ0n) is 23.4. The van der Waals surface area contributed by atoms with Gasteiger partial charge >= 0.3 is 16.2 Å². The Balaban J connectivity index is 1.71. The summed E-state index contributed by atoms with van der Waals surface area (Å²) >= 11 is 0. The van der Waals surface area contributed by atoms with Gasteiger partial charge in [-0.15, -0.1) is 0 Å². The number of hydrogen-bond acceptors (Lipinski definition) is 4. The summed E-state index contributed by atoms with van der Waals surface area (Å²) in [6, 6.07) is 17.3. The van der Waals surface area contributed by atoms with Gasteiger partial charge < -0.3 is 9.84 Å². The molecule has 0 amide bonds. The van der Waals surface area contributed by atoms with Crippen molar-refractivity contribution in [3.63, 3.8) is 0 Å².